The molecule has 1 heterocycles. The highest BCUT2D eigenvalue weighted by molar-refractivity contribution is 5.94. The Kier molecular flexibility index (Phi) is 4.51. The molecule has 1 fully saturated rings. The molecule has 1 saturated heterocycles. The first-order valence-corrected chi connectivity index (χ1v) is 6.69. The van der Waals surface area contributed by atoms with Gasteiger partial charge in [0.25, 0.3) is 5.91 Å². The molecule has 2 N–H and O–H groups in total. The highest BCUT2D eigenvalue weighted by Gasteiger charge is 2.32. The van der Waals surface area contributed by atoms with Crippen molar-refractivity contribution in [1.29, 1.82) is 0 Å². The van der Waals surface area contributed by atoms with E-state index in [4.69, 9.17) is 0 Å². The van der Waals surface area contributed by atoms with Crippen LogP contribution < -0.4 is 10.6 Å². The summed E-state index contributed by atoms with van der Waals surface area (Å²) in [6.07, 6.45) is -3.08. The molecule has 116 valence electrons. The normalized spacial score (nSPS) is 22.9. The van der Waals surface area contributed by atoms with Crippen LogP contribution in [0.5, 0.6) is 0 Å². The summed E-state index contributed by atoms with van der Waals surface area (Å²) in [5.74, 6) is -1.77. The SMILES string of the molecule is CC1NCCCC1NC(=O)c1cc(F)cc(C(F)(F)F)c1. The van der Waals surface area contributed by atoms with Crippen molar-refractivity contribution in [3.63, 3.8) is 0 Å². The first-order chi connectivity index (χ1) is 9.77. The molecule has 2 atom stereocenters. The molecule has 0 radical (unpaired) electrons. The summed E-state index contributed by atoms with van der Waals surface area (Å²) in [6.45, 7) is 2.72. The number of carbonyl (C=O) groups is 1. The number of piperidine rings is 1. The fourth-order valence-electron chi connectivity index (χ4n) is 2.38. The first-order valence-electron chi connectivity index (χ1n) is 6.69. The summed E-state index contributed by atoms with van der Waals surface area (Å²) in [7, 11) is 0. The van der Waals surface area contributed by atoms with Gasteiger partial charge in [-0.15, -0.1) is 0 Å². The van der Waals surface area contributed by atoms with Gasteiger partial charge < -0.3 is 10.6 Å². The van der Waals surface area contributed by atoms with Gasteiger partial charge in [0, 0.05) is 17.6 Å². The molecule has 1 aliphatic heterocycles. The van der Waals surface area contributed by atoms with E-state index >= 15 is 0 Å². The Hall–Kier alpha value is -1.63. The number of hydrogen-bond donors (Lipinski definition) is 2. The van der Waals surface area contributed by atoms with Crippen molar-refractivity contribution in [3.8, 4) is 0 Å². The largest absolute Gasteiger partial charge is 0.416 e. The van der Waals surface area contributed by atoms with Crippen LogP contribution in [0.2, 0.25) is 0 Å². The zero-order valence-corrected chi connectivity index (χ0v) is 11.4. The fraction of sp³-hybridized carbons (Fsp3) is 0.500. The van der Waals surface area contributed by atoms with Crippen LogP contribution in [0.3, 0.4) is 0 Å². The average molecular weight is 304 g/mol. The van der Waals surface area contributed by atoms with Gasteiger partial charge in [0.2, 0.25) is 0 Å². The number of rotatable bonds is 2. The molecule has 21 heavy (non-hydrogen) atoms. The second-order valence-electron chi connectivity index (χ2n) is 5.19. The second kappa shape index (κ2) is 6.01. The van der Waals surface area contributed by atoms with Crippen LogP contribution in [-0.4, -0.2) is 24.5 Å². The lowest BCUT2D eigenvalue weighted by atomic mass is 9.99. The van der Waals surface area contributed by atoms with E-state index in [-0.39, 0.29) is 17.6 Å². The third kappa shape index (κ3) is 3.93. The molecule has 2 unspecified atom stereocenters. The molecule has 2 rings (SSSR count). The Morgan fingerprint density at radius 2 is 2.05 bits per heavy atom. The number of carbonyl (C=O) groups excluding carboxylic acids is 1. The summed E-state index contributed by atoms with van der Waals surface area (Å²) < 4.78 is 51.2. The lowest BCUT2D eigenvalue weighted by molar-refractivity contribution is -0.137. The molecule has 1 amide bonds. The molecule has 0 aromatic heterocycles. The zero-order chi connectivity index (χ0) is 15.6. The molecular weight excluding hydrogens is 288 g/mol. The van der Waals surface area contributed by atoms with Gasteiger partial charge in [0.1, 0.15) is 5.82 Å². The number of hydrogen-bond acceptors (Lipinski definition) is 2. The molecule has 3 nitrogen and oxygen atoms in total. The minimum Gasteiger partial charge on any atom is -0.348 e. The number of halogens is 4. The minimum atomic E-state index is -4.68. The topological polar surface area (TPSA) is 41.1 Å². The summed E-state index contributed by atoms with van der Waals surface area (Å²) in [5.41, 5.74) is -1.48. The Morgan fingerprint density at radius 1 is 1.33 bits per heavy atom. The summed E-state index contributed by atoms with van der Waals surface area (Å²) >= 11 is 0. The van der Waals surface area contributed by atoms with E-state index in [9.17, 15) is 22.4 Å². The highest BCUT2D eigenvalue weighted by atomic mass is 19.4. The van der Waals surface area contributed by atoms with E-state index in [0.29, 0.717) is 12.1 Å². The van der Waals surface area contributed by atoms with Crippen molar-refractivity contribution in [2.24, 2.45) is 0 Å². The first kappa shape index (κ1) is 15.8. The summed E-state index contributed by atoms with van der Waals surface area (Å²) in [6, 6.07) is 1.70. The summed E-state index contributed by atoms with van der Waals surface area (Å²) in [4.78, 5) is 12.0. The molecular formula is C14H16F4N2O. The van der Waals surface area contributed by atoms with Gasteiger partial charge in [0.05, 0.1) is 5.56 Å². The molecule has 7 heteroatoms. The van der Waals surface area contributed by atoms with E-state index < -0.39 is 23.5 Å². The van der Waals surface area contributed by atoms with E-state index in [1.165, 1.54) is 0 Å². The van der Waals surface area contributed by atoms with Gasteiger partial charge in [-0.05, 0) is 44.5 Å². The number of alkyl halides is 3. The van der Waals surface area contributed by atoms with Crippen LogP contribution in [0.15, 0.2) is 18.2 Å². The van der Waals surface area contributed by atoms with Crippen LogP contribution in [0, 0.1) is 5.82 Å². The Labute approximate surface area is 119 Å². The predicted molar refractivity (Wildman–Crippen MR) is 69.4 cm³/mol. The number of benzene rings is 1. The minimum absolute atomic E-state index is 0.0262. The van der Waals surface area contributed by atoms with Gasteiger partial charge in [-0.1, -0.05) is 0 Å². The fourth-order valence-corrected chi connectivity index (χ4v) is 2.38. The maximum atomic E-state index is 13.3. The van der Waals surface area contributed by atoms with E-state index in [1.807, 2.05) is 6.92 Å². The van der Waals surface area contributed by atoms with E-state index in [0.717, 1.165) is 25.5 Å². The van der Waals surface area contributed by atoms with Crippen molar-refractivity contribution in [2.45, 2.75) is 38.0 Å². The average Bonchev–Trinajstić information content (AvgIpc) is 2.39. The van der Waals surface area contributed by atoms with Gasteiger partial charge >= 0.3 is 6.18 Å². The van der Waals surface area contributed by atoms with Crippen molar-refractivity contribution in [3.05, 3.63) is 35.1 Å². The Bertz CT molecular complexity index is 530. The number of nitrogens with one attached hydrogen (secondary N) is 2. The molecule has 0 aliphatic carbocycles. The highest BCUT2D eigenvalue weighted by Crippen LogP contribution is 2.30. The van der Waals surface area contributed by atoms with Crippen molar-refractivity contribution in [2.75, 3.05) is 6.54 Å². The Morgan fingerprint density at radius 3 is 2.67 bits per heavy atom. The van der Waals surface area contributed by atoms with Crippen molar-refractivity contribution < 1.29 is 22.4 Å². The predicted octanol–water partition coefficient (Wildman–Crippen LogP) is 2.71. The van der Waals surface area contributed by atoms with Crippen LogP contribution in [-0.2, 0) is 6.18 Å². The monoisotopic (exact) mass is 304 g/mol. The van der Waals surface area contributed by atoms with Gasteiger partial charge in [-0.3, -0.25) is 4.79 Å². The quantitative estimate of drug-likeness (QED) is 0.825. The van der Waals surface area contributed by atoms with Gasteiger partial charge in [0.15, 0.2) is 0 Å². The lowest BCUT2D eigenvalue weighted by Gasteiger charge is -2.30. The molecule has 0 saturated carbocycles. The third-order valence-corrected chi connectivity index (χ3v) is 3.57. The molecule has 1 aliphatic rings. The molecule has 0 spiro atoms. The Balaban J connectivity index is 2.17. The zero-order valence-electron chi connectivity index (χ0n) is 11.4. The maximum Gasteiger partial charge on any atom is 0.416 e. The van der Waals surface area contributed by atoms with Gasteiger partial charge in [-0.25, -0.2) is 4.39 Å². The van der Waals surface area contributed by atoms with E-state index in [2.05, 4.69) is 10.6 Å². The number of amides is 1. The van der Waals surface area contributed by atoms with Crippen LogP contribution in [0.1, 0.15) is 35.7 Å². The smallest absolute Gasteiger partial charge is 0.348 e. The summed E-state index contributed by atoms with van der Waals surface area (Å²) in [5, 5.41) is 5.82. The van der Waals surface area contributed by atoms with Crippen molar-refractivity contribution in [1.82, 2.24) is 10.6 Å². The standard InChI is InChI=1S/C14H16F4N2O/c1-8-12(3-2-4-19-8)20-13(21)9-5-10(14(16,17)18)7-11(15)6-9/h5-8,12,19H,2-4H2,1H3,(H,20,21). The third-order valence-electron chi connectivity index (χ3n) is 3.57. The van der Waals surface area contributed by atoms with Gasteiger partial charge in [-0.2, -0.15) is 13.2 Å². The molecule has 1 aromatic rings. The van der Waals surface area contributed by atoms with Crippen LogP contribution in [0.4, 0.5) is 17.6 Å². The maximum absolute atomic E-state index is 13.3. The van der Waals surface area contributed by atoms with Crippen molar-refractivity contribution >= 4 is 5.91 Å². The van der Waals surface area contributed by atoms with Crippen LogP contribution in [0.25, 0.3) is 0 Å². The second-order valence-corrected chi connectivity index (χ2v) is 5.19. The lowest BCUT2D eigenvalue weighted by Crippen LogP contribution is -2.51. The molecule has 1 aromatic carbocycles. The van der Waals surface area contributed by atoms with E-state index in [1.54, 1.807) is 0 Å². The molecule has 0 bridgehead atoms. The van der Waals surface area contributed by atoms with Crippen LogP contribution >= 0.6 is 0 Å².